The number of ketones is 1. The maximum atomic E-state index is 12.5. The van der Waals surface area contributed by atoms with Gasteiger partial charge in [0, 0.05) is 24.5 Å². The van der Waals surface area contributed by atoms with E-state index in [1.54, 1.807) is 13.0 Å². The van der Waals surface area contributed by atoms with Gasteiger partial charge in [0.1, 0.15) is 22.8 Å². The normalized spacial score (nSPS) is 20.9. The minimum Gasteiger partial charge on any atom is -0.507 e. The largest absolute Gasteiger partial charge is 0.507 e. The van der Waals surface area contributed by atoms with Crippen molar-refractivity contribution in [3.8, 4) is 11.5 Å². The van der Waals surface area contributed by atoms with Crippen LogP contribution in [-0.4, -0.2) is 34.4 Å². The van der Waals surface area contributed by atoms with Crippen LogP contribution in [0.3, 0.4) is 0 Å². The molecule has 1 aliphatic heterocycles. The number of aromatic hydroxyl groups is 2. The average molecular weight is 346 g/mol. The smallest absolute Gasteiger partial charge is 0.342 e. The third-order valence-electron chi connectivity index (χ3n) is 4.17. The maximum absolute atomic E-state index is 12.5. The lowest BCUT2D eigenvalue weighted by Gasteiger charge is -2.16. The van der Waals surface area contributed by atoms with E-state index in [1.807, 2.05) is 0 Å². The van der Waals surface area contributed by atoms with Crippen LogP contribution in [0.5, 0.6) is 11.5 Å². The summed E-state index contributed by atoms with van der Waals surface area (Å²) in [6, 6.07) is 0.962. The van der Waals surface area contributed by atoms with E-state index >= 15 is 0 Å². The molecule has 0 saturated heterocycles. The zero-order valence-electron chi connectivity index (χ0n) is 14.2. The van der Waals surface area contributed by atoms with Crippen molar-refractivity contribution in [3.05, 3.63) is 28.8 Å². The van der Waals surface area contributed by atoms with E-state index in [0.717, 1.165) is 6.07 Å². The Bertz CT molecular complexity index is 704. The first-order valence-electron chi connectivity index (χ1n) is 8.37. The highest BCUT2D eigenvalue weighted by molar-refractivity contribution is 6.01. The van der Waals surface area contributed by atoms with E-state index in [0.29, 0.717) is 44.8 Å². The molecule has 25 heavy (non-hydrogen) atoms. The molecule has 0 spiro atoms. The number of esters is 1. The standard InChI is InChI=1S/C19H22O6/c1-12-6-5-8-13(21)7-3-2-4-9-14-15(11-20)16(22)10-17(23)18(14)19(24)25-12/h4,9-12,22-23H,2-3,5-8H2,1H3/b9-4-/t12-/m0/s1. The number of rotatable bonds is 1. The van der Waals surface area contributed by atoms with Gasteiger partial charge in [-0.25, -0.2) is 4.79 Å². The minimum atomic E-state index is -0.767. The zero-order valence-corrected chi connectivity index (χ0v) is 14.2. The van der Waals surface area contributed by atoms with Crippen LogP contribution in [0.2, 0.25) is 0 Å². The molecule has 1 aromatic carbocycles. The van der Waals surface area contributed by atoms with Crippen molar-refractivity contribution in [1.82, 2.24) is 0 Å². The van der Waals surface area contributed by atoms with E-state index in [9.17, 15) is 24.6 Å². The third-order valence-corrected chi connectivity index (χ3v) is 4.17. The molecule has 1 heterocycles. The van der Waals surface area contributed by atoms with Gasteiger partial charge >= 0.3 is 5.97 Å². The fraction of sp³-hybridized carbons (Fsp3) is 0.421. The molecular weight excluding hydrogens is 324 g/mol. The van der Waals surface area contributed by atoms with Gasteiger partial charge in [-0.3, -0.25) is 9.59 Å². The van der Waals surface area contributed by atoms with Crippen LogP contribution >= 0.6 is 0 Å². The number of benzene rings is 1. The average Bonchev–Trinajstić information content (AvgIpc) is 2.53. The number of carbonyl (C=O) groups is 3. The third kappa shape index (κ3) is 4.68. The molecule has 2 N–H and O–H groups in total. The molecule has 0 fully saturated rings. The van der Waals surface area contributed by atoms with Crippen molar-refractivity contribution in [2.24, 2.45) is 0 Å². The van der Waals surface area contributed by atoms with Gasteiger partial charge in [-0.2, -0.15) is 0 Å². The second kappa shape index (κ2) is 8.46. The van der Waals surface area contributed by atoms with E-state index in [4.69, 9.17) is 4.74 Å². The summed E-state index contributed by atoms with van der Waals surface area (Å²) in [5, 5.41) is 20.0. The van der Waals surface area contributed by atoms with Crippen LogP contribution in [0.25, 0.3) is 6.08 Å². The van der Waals surface area contributed by atoms with Crippen LogP contribution in [0.4, 0.5) is 0 Å². The molecule has 0 aliphatic carbocycles. The molecule has 0 unspecified atom stereocenters. The number of cyclic esters (lactones) is 1. The highest BCUT2D eigenvalue weighted by atomic mass is 16.5. The molecule has 0 amide bonds. The van der Waals surface area contributed by atoms with Crippen molar-refractivity contribution in [2.75, 3.05) is 0 Å². The lowest BCUT2D eigenvalue weighted by Crippen LogP contribution is -2.17. The number of phenolic OH excluding ortho intramolecular Hbond substituents is 2. The van der Waals surface area contributed by atoms with Crippen molar-refractivity contribution >= 4 is 24.1 Å². The van der Waals surface area contributed by atoms with Gasteiger partial charge in [-0.1, -0.05) is 12.2 Å². The second-order valence-corrected chi connectivity index (χ2v) is 6.18. The van der Waals surface area contributed by atoms with Gasteiger partial charge in [0.2, 0.25) is 0 Å². The van der Waals surface area contributed by atoms with Crippen LogP contribution in [0.1, 0.15) is 71.7 Å². The Balaban J connectivity index is 2.47. The van der Waals surface area contributed by atoms with Gasteiger partial charge in [0.25, 0.3) is 0 Å². The number of fused-ring (bicyclic) bond motifs is 1. The van der Waals surface area contributed by atoms with E-state index in [2.05, 4.69) is 0 Å². The molecule has 1 aromatic rings. The highest BCUT2D eigenvalue weighted by Gasteiger charge is 2.24. The number of Topliss-reactive ketones (excluding diaryl/α,β-unsaturated/α-hetero) is 1. The van der Waals surface area contributed by atoms with E-state index in [-0.39, 0.29) is 22.5 Å². The van der Waals surface area contributed by atoms with Crippen molar-refractivity contribution in [1.29, 1.82) is 0 Å². The molecule has 2 rings (SSSR count). The number of allylic oxidation sites excluding steroid dienone is 1. The molecule has 1 aliphatic rings. The molecule has 134 valence electrons. The zero-order chi connectivity index (χ0) is 18.4. The summed E-state index contributed by atoms with van der Waals surface area (Å²) in [7, 11) is 0. The molecule has 0 radical (unpaired) electrons. The number of phenols is 2. The Kier molecular flexibility index (Phi) is 6.33. The van der Waals surface area contributed by atoms with Gasteiger partial charge in [0.15, 0.2) is 6.29 Å². The van der Waals surface area contributed by atoms with Gasteiger partial charge in [-0.05, 0) is 32.6 Å². The first-order valence-corrected chi connectivity index (χ1v) is 8.37. The Labute approximate surface area is 146 Å². The fourth-order valence-corrected chi connectivity index (χ4v) is 2.83. The predicted molar refractivity (Wildman–Crippen MR) is 91.8 cm³/mol. The number of ether oxygens (including phenoxy) is 1. The predicted octanol–water partition coefficient (Wildman–Crippen LogP) is 3.39. The van der Waals surface area contributed by atoms with E-state index in [1.165, 1.54) is 6.08 Å². The summed E-state index contributed by atoms with van der Waals surface area (Å²) < 4.78 is 5.34. The lowest BCUT2D eigenvalue weighted by atomic mass is 9.97. The lowest BCUT2D eigenvalue weighted by molar-refractivity contribution is -0.119. The molecule has 6 nitrogen and oxygen atoms in total. The van der Waals surface area contributed by atoms with Crippen molar-refractivity contribution in [2.45, 2.75) is 51.6 Å². The Hall–Kier alpha value is -2.63. The summed E-state index contributed by atoms with van der Waals surface area (Å²) in [6.07, 6.45) is 6.51. The van der Waals surface area contributed by atoms with Crippen molar-refractivity contribution in [3.63, 3.8) is 0 Å². The first kappa shape index (κ1) is 18.7. The van der Waals surface area contributed by atoms with Crippen LogP contribution in [0, 0.1) is 0 Å². The van der Waals surface area contributed by atoms with Crippen LogP contribution < -0.4 is 0 Å². The maximum Gasteiger partial charge on any atom is 0.342 e. The summed E-state index contributed by atoms with van der Waals surface area (Å²) in [4.78, 5) is 35.6. The summed E-state index contributed by atoms with van der Waals surface area (Å²) in [5.74, 6) is -1.44. The minimum absolute atomic E-state index is 0.0863. The van der Waals surface area contributed by atoms with Crippen LogP contribution in [0.15, 0.2) is 12.1 Å². The summed E-state index contributed by atoms with van der Waals surface area (Å²) >= 11 is 0. The SMILES string of the molecule is C[C@H]1CCCC(=O)CCC/C=C\c2c(C=O)c(O)cc(O)c2C(=O)O1. The number of carbonyl (C=O) groups excluding carboxylic acids is 3. The fourth-order valence-electron chi connectivity index (χ4n) is 2.83. The van der Waals surface area contributed by atoms with Gasteiger partial charge in [0.05, 0.1) is 11.7 Å². The molecule has 1 atom stereocenters. The molecule has 0 saturated carbocycles. The molecule has 0 aromatic heterocycles. The highest BCUT2D eigenvalue weighted by Crippen LogP contribution is 2.33. The number of aldehydes is 1. The Morgan fingerprint density at radius 3 is 2.60 bits per heavy atom. The second-order valence-electron chi connectivity index (χ2n) is 6.18. The van der Waals surface area contributed by atoms with Gasteiger partial charge < -0.3 is 14.9 Å². The molecule has 6 heteroatoms. The quantitative estimate of drug-likeness (QED) is 0.597. The molecular formula is C19H22O6. The summed E-state index contributed by atoms with van der Waals surface area (Å²) in [6.45, 7) is 1.71. The van der Waals surface area contributed by atoms with Crippen LogP contribution in [-0.2, 0) is 9.53 Å². The van der Waals surface area contributed by atoms with Gasteiger partial charge in [-0.15, -0.1) is 0 Å². The molecule has 0 bridgehead atoms. The Morgan fingerprint density at radius 2 is 1.88 bits per heavy atom. The van der Waals surface area contributed by atoms with Crippen molar-refractivity contribution < 1.29 is 29.3 Å². The first-order chi connectivity index (χ1) is 11.9. The number of hydrogen-bond donors (Lipinski definition) is 2. The topological polar surface area (TPSA) is 101 Å². The monoisotopic (exact) mass is 346 g/mol. The Morgan fingerprint density at radius 1 is 1.16 bits per heavy atom. The summed E-state index contributed by atoms with van der Waals surface area (Å²) in [5.41, 5.74) is -0.110. The van der Waals surface area contributed by atoms with E-state index < -0.39 is 23.6 Å². The number of hydrogen-bond acceptors (Lipinski definition) is 6.